The first kappa shape index (κ1) is 16.8. The van der Waals surface area contributed by atoms with Gasteiger partial charge < -0.3 is 9.80 Å². The standard InChI is InChI=1S/C21H23FN4/c1-2-5-20-23-19-7-4-3-6-18(19)21(24-20)26-14-12-25(13-15-26)17-10-8-16(22)9-11-17/h3-4,6-11H,2,5,12-15H2,1H3. The van der Waals surface area contributed by atoms with Gasteiger partial charge >= 0.3 is 0 Å². The van der Waals surface area contributed by atoms with E-state index in [1.54, 1.807) is 0 Å². The van der Waals surface area contributed by atoms with E-state index in [2.05, 4.69) is 28.9 Å². The molecule has 1 fully saturated rings. The Kier molecular flexibility index (Phi) is 4.69. The van der Waals surface area contributed by atoms with Crippen molar-refractivity contribution in [2.45, 2.75) is 19.8 Å². The molecule has 26 heavy (non-hydrogen) atoms. The number of aryl methyl sites for hydroxylation is 1. The fourth-order valence-electron chi connectivity index (χ4n) is 3.51. The van der Waals surface area contributed by atoms with Gasteiger partial charge in [0.15, 0.2) is 0 Å². The first-order chi connectivity index (χ1) is 12.7. The van der Waals surface area contributed by atoms with Gasteiger partial charge in [-0.1, -0.05) is 19.1 Å². The van der Waals surface area contributed by atoms with Crippen molar-refractivity contribution in [1.29, 1.82) is 0 Å². The molecule has 0 spiro atoms. The number of rotatable bonds is 4. The van der Waals surface area contributed by atoms with E-state index in [0.717, 1.165) is 67.3 Å². The van der Waals surface area contributed by atoms with Crippen LogP contribution in [0.1, 0.15) is 19.2 Å². The molecule has 0 radical (unpaired) electrons. The first-order valence-electron chi connectivity index (χ1n) is 9.25. The summed E-state index contributed by atoms with van der Waals surface area (Å²) in [6.07, 6.45) is 1.93. The third kappa shape index (κ3) is 3.34. The molecule has 0 unspecified atom stereocenters. The molecule has 1 aliphatic rings. The highest BCUT2D eigenvalue weighted by molar-refractivity contribution is 5.89. The molecule has 0 amide bonds. The first-order valence-corrected chi connectivity index (χ1v) is 9.25. The van der Waals surface area contributed by atoms with Crippen LogP contribution in [0.15, 0.2) is 48.5 Å². The second kappa shape index (κ2) is 7.28. The number of hydrogen-bond donors (Lipinski definition) is 0. The Labute approximate surface area is 153 Å². The summed E-state index contributed by atoms with van der Waals surface area (Å²) >= 11 is 0. The lowest BCUT2D eigenvalue weighted by Gasteiger charge is -2.37. The highest BCUT2D eigenvalue weighted by atomic mass is 19.1. The quantitative estimate of drug-likeness (QED) is 0.711. The van der Waals surface area contributed by atoms with Crippen LogP contribution >= 0.6 is 0 Å². The molecule has 5 heteroatoms. The molecule has 0 bridgehead atoms. The molecule has 0 N–H and O–H groups in total. The minimum atomic E-state index is -0.191. The van der Waals surface area contributed by atoms with E-state index in [1.807, 2.05) is 24.3 Å². The molecule has 0 saturated carbocycles. The summed E-state index contributed by atoms with van der Waals surface area (Å²) in [7, 11) is 0. The summed E-state index contributed by atoms with van der Waals surface area (Å²) < 4.78 is 13.1. The average Bonchev–Trinajstić information content (AvgIpc) is 2.68. The molecular weight excluding hydrogens is 327 g/mol. The molecule has 4 nitrogen and oxygen atoms in total. The molecule has 4 rings (SSSR count). The second-order valence-electron chi connectivity index (χ2n) is 6.68. The summed E-state index contributed by atoms with van der Waals surface area (Å²) in [6.45, 7) is 5.73. The largest absolute Gasteiger partial charge is 0.368 e. The Morgan fingerprint density at radius 1 is 0.885 bits per heavy atom. The number of fused-ring (bicyclic) bond motifs is 1. The minimum absolute atomic E-state index is 0.191. The topological polar surface area (TPSA) is 32.3 Å². The predicted octanol–water partition coefficient (Wildman–Crippen LogP) is 4.05. The van der Waals surface area contributed by atoms with Crippen molar-refractivity contribution < 1.29 is 4.39 Å². The Bertz CT molecular complexity index is 886. The summed E-state index contributed by atoms with van der Waals surface area (Å²) in [6, 6.07) is 15.0. The van der Waals surface area contributed by atoms with Gasteiger partial charge in [-0.3, -0.25) is 0 Å². The number of anilines is 2. The Hall–Kier alpha value is -2.69. The van der Waals surface area contributed by atoms with Crippen molar-refractivity contribution in [3.05, 3.63) is 60.2 Å². The number of halogens is 1. The van der Waals surface area contributed by atoms with Crippen molar-refractivity contribution in [3.63, 3.8) is 0 Å². The number of nitrogens with zero attached hydrogens (tertiary/aromatic N) is 4. The van der Waals surface area contributed by atoms with Crippen molar-refractivity contribution >= 4 is 22.4 Å². The summed E-state index contributed by atoms with van der Waals surface area (Å²) in [5.74, 6) is 1.77. The van der Waals surface area contributed by atoms with Gasteiger partial charge in [0.25, 0.3) is 0 Å². The van der Waals surface area contributed by atoms with Crippen LogP contribution in [0, 0.1) is 5.82 Å². The van der Waals surface area contributed by atoms with E-state index in [-0.39, 0.29) is 5.82 Å². The van der Waals surface area contributed by atoms with E-state index in [9.17, 15) is 4.39 Å². The normalized spacial score (nSPS) is 14.8. The molecule has 1 saturated heterocycles. The van der Waals surface area contributed by atoms with Crippen molar-refractivity contribution in [2.75, 3.05) is 36.0 Å². The van der Waals surface area contributed by atoms with Gasteiger partial charge in [-0.15, -0.1) is 0 Å². The van der Waals surface area contributed by atoms with Gasteiger partial charge in [-0.05, 0) is 42.8 Å². The lowest BCUT2D eigenvalue weighted by atomic mass is 10.2. The highest BCUT2D eigenvalue weighted by Crippen LogP contribution is 2.26. The molecule has 0 aliphatic carbocycles. The Morgan fingerprint density at radius 2 is 1.58 bits per heavy atom. The summed E-state index contributed by atoms with van der Waals surface area (Å²) in [5.41, 5.74) is 2.09. The van der Waals surface area contributed by atoms with Gasteiger partial charge in [-0.2, -0.15) is 0 Å². The number of para-hydroxylation sites is 1. The SMILES string of the molecule is CCCc1nc(N2CCN(c3ccc(F)cc3)CC2)c2ccccc2n1. The van der Waals surface area contributed by atoms with Crippen molar-refractivity contribution in [1.82, 2.24) is 9.97 Å². The third-order valence-electron chi connectivity index (χ3n) is 4.87. The maximum Gasteiger partial charge on any atom is 0.140 e. The van der Waals surface area contributed by atoms with Crippen LogP contribution in [0.25, 0.3) is 10.9 Å². The van der Waals surface area contributed by atoms with Gasteiger partial charge in [0.05, 0.1) is 5.52 Å². The Morgan fingerprint density at radius 3 is 2.31 bits per heavy atom. The van der Waals surface area contributed by atoms with Crippen LogP contribution in [0.2, 0.25) is 0 Å². The molecule has 0 atom stereocenters. The molecule has 3 aromatic rings. The van der Waals surface area contributed by atoms with Crippen LogP contribution in [0.4, 0.5) is 15.9 Å². The number of hydrogen-bond acceptors (Lipinski definition) is 4. The lowest BCUT2D eigenvalue weighted by Crippen LogP contribution is -2.47. The van der Waals surface area contributed by atoms with Gasteiger partial charge in [0.2, 0.25) is 0 Å². The monoisotopic (exact) mass is 350 g/mol. The second-order valence-corrected chi connectivity index (χ2v) is 6.68. The van der Waals surface area contributed by atoms with Gasteiger partial charge in [0.1, 0.15) is 17.5 Å². The zero-order valence-corrected chi connectivity index (χ0v) is 15.0. The molecule has 1 aliphatic heterocycles. The molecular formula is C21H23FN4. The third-order valence-corrected chi connectivity index (χ3v) is 4.87. The molecule has 2 heterocycles. The van der Waals surface area contributed by atoms with Crippen LogP contribution < -0.4 is 9.80 Å². The zero-order valence-electron chi connectivity index (χ0n) is 15.0. The van der Waals surface area contributed by atoms with Crippen LogP contribution in [0.5, 0.6) is 0 Å². The van der Waals surface area contributed by atoms with E-state index in [1.165, 1.54) is 12.1 Å². The highest BCUT2D eigenvalue weighted by Gasteiger charge is 2.21. The molecule has 2 aromatic carbocycles. The maximum absolute atomic E-state index is 13.1. The Balaban J connectivity index is 1.58. The van der Waals surface area contributed by atoms with E-state index >= 15 is 0 Å². The number of benzene rings is 2. The average molecular weight is 350 g/mol. The van der Waals surface area contributed by atoms with Gasteiger partial charge in [-0.25, -0.2) is 14.4 Å². The fourth-order valence-corrected chi connectivity index (χ4v) is 3.51. The minimum Gasteiger partial charge on any atom is -0.368 e. The van der Waals surface area contributed by atoms with E-state index in [4.69, 9.17) is 9.97 Å². The summed E-state index contributed by atoms with van der Waals surface area (Å²) in [5, 5.41) is 1.11. The number of piperazine rings is 1. The smallest absolute Gasteiger partial charge is 0.140 e. The fraction of sp³-hybridized carbons (Fsp3) is 0.333. The molecule has 1 aromatic heterocycles. The van der Waals surface area contributed by atoms with Crippen LogP contribution in [-0.2, 0) is 6.42 Å². The number of aromatic nitrogens is 2. The zero-order chi connectivity index (χ0) is 17.9. The van der Waals surface area contributed by atoms with E-state index in [0.29, 0.717) is 0 Å². The van der Waals surface area contributed by atoms with Crippen molar-refractivity contribution in [3.8, 4) is 0 Å². The van der Waals surface area contributed by atoms with Crippen molar-refractivity contribution in [2.24, 2.45) is 0 Å². The van der Waals surface area contributed by atoms with Crippen LogP contribution in [0.3, 0.4) is 0 Å². The molecule has 134 valence electrons. The van der Waals surface area contributed by atoms with Crippen LogP contribution in [-0.4, -0.2) is 36.1 Å². The summed E-state index contributed by atoms with van der Waals surface area (Å²) in [4.78, 5) is 14.2. The lowest BCUT2D eigenvalue weighted by molar-refractivity contribution is 0.624. The maximum atomic E-state index is 13.1. The predicted molar refractivity (Wildman–Crippen MR) is 104 cm³/mol. The van der Waals surface area contributed by atoms with E-state index < -0.39 is 0 Å². The van der Waals surface area contributed by atoms with Gasteiger partial charge in [0, 0.05) is 43.7 Å².